The Balaban J connectivity index is 1.51. The summed E-state index contributed by atoms with van der Waals surface area (Å²) in [4.78, 5) is 12.1. The third kappa shape index (κ3) is 4.11. The summed E-state index contributed by atoms with van der Waals surface area (Å²) in [6.45, 7) is 5.04. The number of rotatable bonds is 6. The quantitative estimate of drug-likeness (QED) is 0.862. The highest BCUT2D eigenvalue weighted by atomic mass is 16.5. The number of nitrogens with one attached hydrogen (secondary N) is 2. The fourth-order valence-corrected chi connectivity index (χ4v) is 2.78. The average molecular weight is 310 g/mol. The van der Waals surface area contributed by atoms with Gasteiger partial charge in [-0.1, -0.05) is 30.3 Å². The van der Waals surface area contributed by atoms with Crippen LogP contribution in [0.3, 0.4) is 0 Å². The lowest BCUT2D eigenvalue weighted by Crippen LogP contribution is -2.24. The summed E-state index contributed by atoms with van der Waals surface area (Å²) < 4.78 is 5.40. The number of fused-ring (bicyclic) bond motifs is 1. The van der Waals surface area contributed by atoms with Crippen molar-refractivity contribution in [3.63, 3.8) is 0 Å². The molecule has 0 saturated carbocycles. The van der Waals surface area contributed by atoms with Crippen LogP contribution in [0.15, 0.2) is 42.5 Å². The first kappa shape index (κ1) is 15.6. The van der Waals surface area contributed by atoms with Gasteiger partial charge in [0.15, 0.2) is 0 Å². The molecule has 0 fully saturated rings. The van der Waals surface area contributed by atoms with Gasteiger partial charge in [-0.3, -0.25) is 4.79 Å². The molecule has 2 N–H and O–H groups in total. The summed E-state index contributed by atoms with van der Waals surface area (Å²) in [5.74, 6) is 0.871. The molecule has 120 valence electrons. The van der Waals surface area contributed by atoms with Crippen molar-refractivity contribution >= 4 is 5.91 Å². The molecule has 4 nitrogen and oxygen atoms in total. The van der Waals surface area contributed by atoms with Crippen molar-refractivity contribution < 1.29 is 9.53 Å². The monoisotopic (exact) mass is 310 g/mol. The zero-order valence-corrected chi connectivity index (χ0v) is 13.4. The average Bonchev–Trinajstić information content (AvgIpc) is 3.03. The second-order valence-electron chi connectivity index (χ2n) is 5.74. The first-order chi connectivity index (χ1) is 11.2. The van der Waals surface area contributed by atoms with E-state index in [-0.39, 0.29) is 5.91 Å². The number of carbonyl (C=O) groups is 1. The van der Waals surface area contributed by atoms with Crippen molar-refractivity contribution in [3.8, 4) is 5.75 Å². The van der Waals surface area contributed by atoms with E-state index in [4.69, 9.17) is 4.74 Å². The highest BCUT2D eigenvalue weighted by molar-refractivity contribution is 5.78. The predicted octanol–water partition coefficient (Wildman–Crippen LogP) is 2.55. The van der Waals surface area contributed by atoms with Crippen molar-refractivity contribution in [3.05, 3.63) is 64.7 Å². The van der Waals surface area contributed by atoms with Crippen LogP contribution >= 0.6 is 0 Å². The van der Waals surface area contributed by atoms with Gasteiger partial charge in [0.25, 0.3) is 0 Å². The second-order valence-corrected chi connectivity index (χ2v) is 5.74. The summed E-state index contributed by atoms with van der Waals surface area (Å²) >= 11 is 0. The second kappa shape index (κ2) is 7.29. The molecule has 1 heterocycles. The molecule has 0 atom stereocenters. The Kier molecular flexibility index (Phi) is 4.93. The largest absolute Gasteiger partial charge is 0.494 e. The minimum absolute atomic E-state index is 0.0350. The van der Waals surface area contributed by atoms with Gasteiger partial charge < -0.3 is 15.4 Å². The summed E-state index contributed by atoms with van der Waals surface area (Å²) in [6, 6.07) is 14.1. The highest BCUT2D eigenvalue weighted by Gasteiger charge is 2.10. The van der Waals surface area contributed by atoms with Crippen LogP contribution in [0.2, 0.25) is 0 Å². The fraction of sp³-hybridized carbons (Fsp3) is 0.316. The lowest BCUT2D eigenvalue weighted by molar-refractivity contribution is -0.120. The number of hydrogen-bond acceptors (Lipinski definition) is 3. The molecular formula is C19H22N2O2. The third-order valence-corrected chi connectivity index (χ3v) is 3.99. The van der Waals surface area contributed by atoms with Crippen LogP contribution in [0.1, 0.15) is 29.2 Å². The Morgan fingerprint density at radius 3 is 2.61 bits per heavy atom. The van der Waals surface area contributed by atoms with Gasteiger partial charge in [0, 0.05) is 19.6 Å². The van der Waals surface area contributed by atoms with E-state index in [9.17, 15) is 4.79 Å². The van der Waals surface area contributed by atoms with E-state index < -0.39 is 0 Å². The number of carbonyl (C=O) groups excluding carboxylic acids is 1. The number of benzene rings is 2. The molecule has 0 aliphatic carbocycles. The van der Waals surface area contributed by atoms with Gasteiger partial charge in [0.1, 0.15) is 5.75 Å². The van der Waals surface area contributed by atoms with E-state index in [1.807, 2.05) is 31.2 Å². The minimum Gasteiger partial charge on any atom is -0.494 e. The van der Waals surface area contributed by atoms with E-state index in [2.05, 4.69) is 28.8 Å². The van der Waals surface area contributed by atoms with Crippen LogP contribution in [0.4, 0.5) is 0 Å². The molecule has 1 aliphatic rings. The van der Waals surface area contributed by atoms with Gasteiger partial charge >= 0.3 is 0 Å². The van der Waals surface area contributed by atoms with Gasteiger partial charge in [-0.15, -0.1) is 0 Å². The van der Waals surface area contributed by atoms with Crippen molar-refractivity contribution in [1.82, 2.24) is 10.6 Å². The van der Waals surface area contributed by atoms with Crippen molar-refractivity contribution in [1.29, 1.82) is 0 Å². The molecule has 0 aromatic heterocycles. The van der Waals surface area contributed by atoms with Crippen LogP contribution in [-0.2, 0) is 30.8 Å². The van der Waals surface area contributed by atoms with Crippen LogP contribution in [-0.4, -0.2) is 12.5 Å². The van der Waals surface area contributed by atoms with Gasteiger partial charge in [-0.2, -0.15) is 0 Å². The molecule has 0 radical (unpaired) electrons. The van der Waals surface area contributed by atoms with Crippen molar-refractivity contribution in [2.24, 2.45) is 0 Å². The number of amides is 1. The number of hydrogen-bond donors (Lipinski definition) is 2. The molecule has 1 aliphatic heterocycles. The maximum absolute atomic E-state index is 12.1. The summed E-state index contributed by atoms with van der Waals surface area (Å²) in [5.41, 5.74) is 4.83. The van der Waals surface area contributed by atoms with E-state index >= 15 is 0 Å². The molecule has 1 amide bonds. The lowest BCUT2D eigenvalue weighted by atomic mass is 10.1. The fourth-order valence-electron chi connectivity index (χ4n) is 2.78. The van der Waals surface area contributed by atoms with E-state index in [0.29, 0.717) is 19.6 Å². The standard InChI is InChI=1S/C19H22N2O2/c1-2-23-18-7-4-14(5-8-18)10-19(22)21-11-15-3-6-16-12-20-13-17(16)9-15/h3-9,20H,2,10-13H2,1H3,(H,21,22). The smallest absolute Gasteiger partial charge is 0.224 e. The Labute approximate surface area is 136 Å². The molecule has 2 aromatic rings. The SMILES string of the molecule is CCOc1ccc(CC(=O)NCc2ccc3c(c2)CNC3)cc1. The molecular weight excluding hydrogens is 288 g/mol. The van der Waals surface area contributed by atoms with E-state index in [1.54, 1.807) is 0 Å². The Morgan fingerprint density at radius 1 is 1.09 bits per heavy atom. The van der Waals surface area contributed by atoms with Crippen LogP contribution in [0.5, 0.6) is 5.75 Å². The molecule has 0 spiro atoms. The molecule has 23 heavy (non-hydrogen) atoms. The molecule has 4 heteroatoms. The van der Waals surface area contributed by atoms with Crippen LogP contribution in [0, 0.1) is 0 Å². The molecule has 0 saturated heterocycles. The van der Waals surface area contributed by atoms with Gasteiger partial charge in [0.05, 0.1) is 13.0 Å². The lowest BCUT2D eigenvalue weighted by Gasteiger charge is -2.08. The maximum Gasteiger partial charge on any atom is 0.224 e. The van der Waals surface area contributed by atoms with Gasteiger partial charge in [-0.05, 0) is 41.3 Å². The topological polar surface area (TPSA) is 50.4 Å². The van der Waals surface area contributed by atoms with E-state index in [1.165, 1.54) is 11.1 Å². The van der Waals surface area contributed by atoms with Gasteiger partial charge in [0.2, 0.25) is 5.91 Å². The van der Waals surface area contributed by atoms with Crippen LogP contribution in [0.25, 0.3) is 0 Å². The summed E-state index contributed by atoms with van der Waals surface area (Å²) in [5, 5.41) is 6.32. The molecule has 3 rings (SSSR count). The van der Waals surface area contributed by atoms with Crippen molar-refractivity contribution in [2.45, 2.75) is 33.0 Å². The molecule has 2 aromatic carbocycles. The first-order valence-corrected chi connectivity index (χ1v) is 8.04. The molecule has 0 bridgehead atoms. The number of ether oxygens (including phenoxy) is 1. The first-order valence-electron chi connectivity index (χ1n) is 8.04. The summed E-state index contributed by atoms with van der Waals surface area (Å²) in [6.07, 6.45) is 0.388. The maximum atomic E-state index is 12.1. The normalized spacial score (nSPS) is 12.7. The molecule has 0 unspecified atom stereocenters. The summed E-state index contributed by atoms with van der Waals surface area (Å²) in [7, 11) is 0. The Bertz CT molecular complexity index is 680. The van der Waals surface area contributed by atoms with Gasteiger partial charge in [-0.25, -0.2) is 0 Å². The Hall–Kier alpha value is -2.33. The van der Waals surface area contributed by atoms with Crippen molar-refractivity contribution in [2.75, 3.05) is 6.61 Å². The van der Waals surface area contributed by atoms with Crippen LogP contribution < -0.4 is 15.4 Å². The third-order valence-electron chi connectivity index (χ3n) is 3.99. The zero-order chi connectivity index (χ0) is 16.1. The zero-order valence-electron chi connectivity index (χ0n) is 13.4. The Morgan fingerprint density at radius 2 is 1.83 bits per heavy atom. The highest BCUT2D eigenvalue weighted by Crippen LogP contribution is 2.17. The minimum atomic E-state index is 0.0350. The van der Waals surface area contributed by atoms with E-state index in [0.717, 1.165) is 30.0 Å². The predicted molar refractivity (Wildman–Crippen MR) is 90.1 cm³/mol.